The van der Waals surface area contributed by atoms with E-state index in [1.807, 2.05) is 20.8 Å². The van der Waals surface area contributed by atoms with Crippen LogP contribution in [0, 0.1) is 5.92 Å². The lowest BCUT2D eigenvalue weighted by molar-refractivity contribution is 0.0520. The molecule has 1 aromatic heterocycles. The van der Waals surface area contributed by atoms with Crippen molar-refractivity contribution in [1.29, 1.82) is 0 Å². The first-order valence-electron chi connectivity index (χ1n) is 7.25. The Balaban J connectivity index is 1.84. The summed E-state index contributed by atoms with van der Waals surface area (Å²) in [4.78, 5) is 21.8. The number of ether oxygens (including phenoxy) is 1. The second-order valence-corrected chi connectivity index (χ2v) is 6.78. The SMILES string of the molecule is CC(C)(C)OC(=O)NC[C@@H]1CCN(c2cc(Cl)nc(N)n2)C1. The van der Waals surface area contributed by atoms with Gasteiger partial charge in [0.2, 0.25) is 5.95 Å². The number of alkyl carbamates (subject to hydrolysis) is 1. The summed E-state index contributed by atoms with van der Waals surface area (Å²) in [5, 5.41) is 3.14. The van der Waals surface area contributed by atoms with E-state index in [4.69, 9.17) is 22.1 Å². The Bertz CT molecular complexity index is 526. The van der Waals surface area contributed by atoms with E-state index in [9.17, 15) is 4.79 Å². The van der Waals surface area contributed by atoms with Gasteiger partial charge in [0.1, 0.15) is 16.6 Å². The molecular formula is C14H22ClN5O2. The predicted octanol–water partition coefficient (Wildman–Crippen LogP) is 2.06. The minimum atomic E-state index is -0.485. The normalized spacial score (nSPS) is 18.4. The maximum atomic E-state index is 11.7. The molecule has 1 amide bonds. The lowest BCUT2D eigenvalue weighted by Gasteiger charge is -2.21. The third-order valence-corrected chi connectivity index (χ3v) is 3.44. The molecule has 0 aliphatic carbocycles. The van der Waals surface area contributed by atoms with Crippen molar-refractivity contribution in [3.05, 3.63) is 11.2 Å². The van der Waals surface area contributed by atoms with E-state index in [1.54, 1.807) is 6.07 Å². The fraction of sp³-hybridized carbons (Fsp3) is 0.643. The van der Waals surface area contributed by atoms with Gasteiger partial charge in [-0.3, -0.25) is 0 Å². The van der Waals surface area contributed by atoms with Crippen molar-refractivity contribution in [3.63, 3.8) is 0 Å². The number of hydrogen-bond donors (Lipinski definition) is 2. The molecule has 1 fully saturated rings. The summed E-state index contributed by atoms with van der Waals surface area (Å²) >= 11 is 5.90. The highest BCUT2D eigenvalue weighted by Gasteiger charge is 2.25. The van der Waals surface area contributed by atoms with Gasteiger partial charge >= 0.3 is 6.09 Å². The average Bonchev–Trinajstić information content (AvgIpc) is 2.82. The monoisotopic (exact) mass is 327 g/mol. The van der Waals surface area contributed by atoms with E-state index in [0.29, 0.717) is 17.6 Å². The molecule has 3 N–H and O–H groups in total. The number of nitrogens with zero attached hydrogens (tertiary/aromatic N) is 3. The van der Waals surface area contributed by atoms with Gasteiger partial charge in [-0.05, 0) is 33.1 Å². The van der Waals surface area contributed by atoms with Gasteiger partial charge in [0.15, 0.2) is 0 Å². The molecule has 1 saturated heterocycles. The molecule has 0 bridgehead atoms. The van der Waals surface area contributed by atoms with Crippen LogP contribution in [0.3, 0.4) is 0 Å². The fourth-order valence-electron chi connectivity index (χ4n) is 2.33. The van der Waals surface area contributed by atoms with Crippen LogP contribution < -0.4 is 16.0 Å². The maximum Gasteiger partial charge on any atom is 0.407 e. The first-order chi connectivity index (χ1) is 10.2. The van der Waals surface area contributed by atoms with Gasteiger partial charge in [0.25, 0.3) is 0 Å². The molecule has 1 aromatic rings. The van der Waals surface area contributed by atoms with Gasteiger partial charge in [-0.25, -0.2) is 9.78 Å². The zero-order chi connectivity index (χ0) is 16.3. The molecular weight excluding hydrogens is 306 g/mol. The van der Waals surface area contributed by atoms with Crippen molar-refractivity contribution in [2.24, 2.45) is 5.92 Å². The molecule has 1 aliphatic rings. The van der Waals surface area contributed by atoms with Gasteiger partial charge in [-0.2, -0.15) is 4.98 Å². The van der Waals surface area contributed by atoms with Crippen molar-refractivity contribution < 1.29 is 9.53 Å². The molecule has 8 heteroatoms. The minimum Gasteiger partial charge on any atom is -0.444 e. The summed E-state index contributed by atoms with van der Waals surface area (Å²) in [6.07, 6.45) is 0.567. The van der Waals surface area contributed by atoms with Crippen LogP contribution in [0.15, 0.2) is 6.07 Å². The molecule has 2 rings (SSSR count). The second kappa shape index (κ2) is 6.56. The molecule has 0 unspecified atom stereocenters. The fourth-order valence-corrected chi connectivity index (χ4v) is 2.52. The Labute approximate surface area is 135 Å². The van der Waals surface area contributed by atoms with Crippen LogP contribution in [-0.2, 0) is 4.74 Å². The van der Waals surface area contributed by atoms with Crippen LogP contribution in [0.2, 0.25) is 5.15 Å². The number of anilines is 2. The van der Waals surface area contributed by atoms with Crippen molar-refractivity contribution >= 4 is 29.5 Å². The lowest BCUT2D eigenvalue weighted by Crippen LogP contribution is -2.36. The van der Waals surface area contributed by atoms with Gasteiger partial charge in [-0.1, -0.05) is 11.6 Å². The smallest absolute Gasteiger partial charge is 0.407 e. The zero-order valence-corrected chi connectivity index (χ0v) is 13.9. The molecule has 0 radical (unpaired) electrons. The molecule has 7 nitrogen and oxygen atoms in total. The van der Waals surface area contributed by atoms with E-state index in [2.05, 4.69) is 20.2 Å². The number of carbonyl (C=O) groups excluding carboxylic acids is 1. The van der Waals surface area contributed by atoms with E-state index in [1.165, 1.54) is 0 Å². The summed E-state index contributed by atoms with van der Waals surface area (Å²) < 4.78 is 5.22. The second-order valence-electron chi connectivity index (χ2n) is 6.39. The summed E-state index contributed by atoms with van der Waals surface area (Å²) in [5.41, 5.74) is 5.13. The predicted molar refractivity (Wildman–Crippen MR) is 86.0 cm³/mol. The Hall–Kier alpha value is -1.76. The van der Waals surface area contributed by atoms with Crippen molar-refractivity contribution in [2.45, 2.75) is 32.8 Å². The van der Waals surface area contributed by atoms with E-state index < -0.39 is 5.60 Å². The number of rotatable bonds is 3. The molecule has 2 heterocycles. The van der Waals surface area contributed by atoms with E-state index in [-0.39, 0.29) is 12.0 Å². The van der Waals surface area contributed by atoms with Crippen LogP contribution >= 0.6 is 11.6 Å². The van der Waals surface area contributed by atoms with Gasteiger partial charge in [0.05, 0.1) is 0 Å². The molecule has 0 saturated carbocycles. The molecule has 122 valence electrons. The minimum absolute atomic E-state index is 0.165. The summed E-state index contributed by atoms with van der Waals surface area (Å²) in [5.74, 6) is 1.22. The Kier molecular flexibility index (Phi) is 4.95. The van der Waals surface area contributed by atoms with Crippen LogP contribution in [-0.4, -0.2) is 41.3 Å². The van der Waals surface area contributed by atoms with Crippen LogP contribution in [0.5, 0.6) is 0 Å². The zero-order valence-electron chi connectivity index (χ0n) is 13.1. The van der Waals surface area contributed by atoms with Crippen molar-refractivity contribution in [3.8, 4) is 0 Å². The van der Waals surface area contributed by atoms with Crippen LogP contribution in [0.4, 0.5) is 16.6 Å². The number of nitrogens with two attached hydrogens (primary N) is 1. The van der Waals surface area contributed by atoms with E-state index in [0.717, 1.165) is 25.3 Å². The molecule has 0 spiro atoms. The van der Waals surface area contributed by atoms with E-state index >= 15 is 0 Å². The number of halogens is 1. The summed E-state index contributed by atoms with van der Waals surface area (Å²) in [6.45, 7) is 7.71. The molecule has 1 atom stereocenters. The van der Waals surface area contributed by atoms with Crippen molar-refractivity contribution in [1.82, 2.24) is 15.3 Å². The highest BCUT2D eigenvalue weighted by molar-refractivity contribution is 6.29. The number of carbonyl (C=O) groups is 1. The Morgan fingerprint density at radius 3 is 2.91 bits per heavy atom. The number of nitrogen functional groups attached to an aromatic ring is 1. The summed E-state index contributed by atoms with van der Waals surface area (Å²) in [6, 6.07) is 1.70. The first kappa shape index (κ1) is 16.6. The number of nitrogens with one attached hydrogen (secondary N) is 1. The van der Waals surface area contributed by atoms with Crippen molar-refractivity contribution in [2.75, 3.05) is 30.3 Å². The molecule has 1 aliphatic heterocycles. The summed E-state index contributed by atoms with van der Waals surface area (Å²) in [7, 11) is 0. The third kappa shape index (κ3) is 4.91. The largest absolute Gasteiger partial charge is 0.444 e. The van der Waals surface area contributed by atoms with Gasteiger partial charge in [0, 0.05) is 25.7 Å². The highest BCUT2D eigenvalue weighted by atomic mass is 35.5. The highest BCUT2D eigenvalue weighted by Crippen LogP contribution is 2.24. The van der Waals surface area contributed by atoms with Gasteiger partial charge < -0.3 is 20.7 Å². The topological polar surface area (TPSA) is 93.4 Å². The van der Waals surface area contributed by atoms with Crippen LogP contribution in [0.1, 0.15) is 27.2 Å². The standard InChI is InChI=1S/C14H22ClN5O2/c1-14(2,3)22-13(21)17-7-9-4-5-20(8-9)11-6-10(15)18-12(16)19-11/h6,9H,4-5,7-8H2,1-3H3,(H,17,21)(H2,16,18,19)/t9-/m0/s1. The number of aromatic nitrogens is 2. The number of hydrogen-bond acceptors (Lipinski definition) is 6. The maximum absolute atomic E-state index is 11.7. The third-order valence-electron chi connectivity index (χ3n) is 3.24. The number of amides is 1. The molecule has 22 heavy (non-hydrogen) atoms. The Morgan fingerprint density at radius 2 is 2.27 bits per heavy atom. The van der Waals surface area contributed by atoms with Crippen LogP contribution in [0.25, 0.3) is 0 Å². The lowest BCUT2D eigenvalue weighted by atomic mass is 10.1. The molecule has 0 aromatic carbocycles. The average molecular weight is 328 g/mol. The first-order valence-corrected chi connectivity index (χ1v) is 7.62. The Morgan fingerprint density at radius 1 is 1.55 bits per heavy atom. The quantitative estimate of drug-likeness (QED) is 0.825. The van der Waals surface area contributed by atoms with Gasteiger partial charge in [-0.15, -0.1) is 0 Å².